The first-order valence-electron chi connectivity index (χ1n) is 6.77. The maximum absolute atomic E-state index is 12.2. The molecule has 2 rings (SSSR count). The Hall–Kier alpha value is -1.30. The summed E-state index contributed by atoms with van der Waals surface area (Å²) in [6.45, 7) is 3.23. The first-order valence-corrected chi connectivity index (χ1v) is 6.77. The SMILES string of the molecule is CC(C)c1cc(CNC2CC2)cc(OCC(F)(F)F)n1. The maximum Gasteiger partial charge on any atom is 0.422 e. The number of aromatic nitrogens is 1. The Balaban J connectivity index is 2.07. The Morgan fingerprint density at radius 3 is 2.60 bits per heavy atom. The predicted octanol–water partition coefficient (Wildman–Crippen LogP) is 3.40. The third kappa shape index (κ3) is 5.00. The zero-order valence-corrected chi connectivity index (χ0v) is 11.6. The van der Waals surface area contributed by atoms with E-state index in [-0.39, 0.29) is 11.8 Å². The number of hydrogen-bond acceptors (Lipinski definition) is 3. The first kappa shape index (κ1) is 15.1. The summed E-state index contributed by atoms with van der Waals surface area (Å²) >= 11 is 0. The van der Waals surface area contributed by atoms with Crippen molar-refractivity contribution in [1.82, 2.24) is 10.3 Å². The van der Waals surface area contributed by atoms with Crippen LogP contribution in [0.5, 0.6) is 5.88 Å². The van der Waals surface area contributed by atoms with Crippen molar-refractivity contribution in [1.29, 1.82) is 0 Å². The molecule has 1 aliphatic carbocycles. The normalized spacial score (nSPS) is 15.7. The Morgan fingerprint density at radius 1 is 1.35 bits per heavy atom. The second kappa shape index (κ2) is 5.99. The summed E-state index contributed by atoms with van der Waals surface area (Å²) < 4.78 is 41.4. The zero-order valence-electron chi connectivity index (χ0n) is 11.6. The molecule has 1 fully saturated rings. The highest BCUT2D eigenvalue weighted by Gasteiger charge is 2.29. The number of alkyl halides is 3. The molecule has 0 saturated heterocycles. The van der Waals surface area contributed by atoms with E-state index in [1.165, 1.54) is 12.8 Å². The molecule has 0 bridgehead atoms. The molecule has 1 saturated carbocycles. The highest BCUT2D eigenvalue weighted by atomic mass is 19.4. The number of hydrogen-bond donors (Lipinski definition) is 1. The standard InChI is InChI=1S/C14H19F3N2O/c1-9(2)12-5-10(7-18-11-3-4-11)6-13(19-12)20-8-14(15,16)17/h5-6,9,11,18H,3-4,7-8H2,1-2H3. The zero-order chi connectivity index (χ0) is 14.8. The highest BCUT2D eigenvalue weighted by molar-refractivity contribution is 5.27. The van der Waals surface area contributed by atoms with Crippen LogP contribution < -0.4 is 10.1 Å². The second-order valence-corrected chi connectivity index (χ2v) is 5.45. The van der Waals surface area contributed by atoms with E-state index in [9.17, 15) is 13.2 Å². The molecule has 0 spiro atoms. The minimum absolute atomic E-state index is 0.0427. The Bertz CT molecular complexity index is 456. The lowest BCUT2D eigenvalue weighted by molar-refractivity contribution is -0.154. The molecule has 112 valence electrons. The fourth-order valence-electron chi connectivity index (χ4n) is 1.76. The fourth-order valence-corrected chi connectivity index (χ4v) is 1.76. The summed E-state index contributed by atoms with van der Waals surface area (Å²) in [7, 11) is 0. The molecular weight excluding hydrogens is 269 g/mol. The van der Waals surface area contributed by atoms with Gasteiger partial charge in [-0.3, -0.25) is 0 Å². The summed E-state index contributed by atoms with van der Waals surface area (Å²) in [5, 5.41) is 3.33. The number of halogens is 3. The molecule has 1 aliphatic rings. The number of nitrogens with zero attached hydrogens (tertiary/aromatic N) is 1. The van der Waals surface area contributed by atoms with E-state index in [1.54, 1.807) is 6.07 Å². The van der Waals surface area contributed by atoms with E-state index in [1.807, 2.05) is 19.9 Å². The summed E-state index contributed by atoms with van der Waals surface area (Å²) in [6.07, 6.45) is -2.01. The van der Waals surface area contributed by atoms with Crippen molar-refractivity contribution in [2.24, 2.45) is 0 Å². The van der Waals surface area contributed by atoms with Crippen molar-refractivity contribution in [3.8, 4) is 5.88 Å². The van der Waals surface area contributed by atoms with Crippen LogP contribution in [0.4, 0.5) is 13.2 Å². The van der Waals surface area contributed by atoms with Crippen molar-refractivity contribution in [3.63, 3.8) is 0 Å². The minimum Gasteiger partial charge on any atom is -0.468 e. The fraction of sp³-hybridized carbons (Fsp3) is 0.643. The van der Waals surface area contributed by atoms with Gasteiger partial charge in [0.05, 0.1) is 0 Å². The van der Waals surface area contributed by atoms with Gasteiger partial charge in [-0.15, -0.1) is 0 Å². The van der Waals surface area contributed by atoms with Crippen LogP contribution in [0.25, 0.3) is 0 Å². The molecule has 0 amide bonds. The average molecular weight is 288 g/mol. The summed E-state index contributed by atoms with van der Waals surface area (Å²) in [5.41, 5.74) is 1.66. The third-order valence-corrected chi connectivity index (χ3v) is 3.03. The molecule has 0 radical (unpaired) electrons. The average Bonchev–Trinajstić information content (AvgIpc) is 3.17. The van der Waals surface area contributed by atoms with Crippen molar-refractivity contribution in [2.45, 2.75) is 51.4 Å². The molecule has 1 heterocycles. The van der Waals surface area contributed by atoms with Crippen LogP contribution in [0.2, 0.25) is 0 Å². The van der Waals surface area contributed by atoms with Crippen LogP contribution in [0.1, 0.15) is 43.9 Å². The summed E-state index contributed by atoms with van der Waals surface area (Å²) in [5.74, 6) is 0.185. The molecular formula is C14H19F3N2O. The molecule has 1 aromatic rings. The van der Waals surface area contributed by atoms with Crippen LogP contribution in [0.15, 0.2) is 12.1 Å². The highest BCUT2D eigenvalue weighted by Crippen LogP contribution is 2.23. The van der Waals surface area contributed by atoms with Crippen molar-refractivity contribution < 1.29 is 17.9 Å². The number of rotatable bonds is 6. The Labute approximate surface area is 116 Å². The largest absolute Gasteiger partial charge is 0.468 e. The van der Waals surface area contributed by atoms with Gasteiger partial charge in [-0.1, -0.05) is 13.8 Å². The molecule has 3 nitrogen and oxygen atoms in total. The Kier molecular flexibility index (Phi) is 4.52. The van der Waals surface area contributed by atoms with Crippen molar-refractivity contribution in [3.05, 3.63) is 23.4 Å². The van der Waals surface area contributed by atoms with E-state index >= 15 is 0 Å². The third-order valence-electron chi connectivity index (χ3n) is 3.03. The van der Waals surface area contributed by atoms with Gasteiger partial charge >= 0.3 is 6.18 Å². The summed E-state index contributed by atoms with van der Waals surface area (Å²) in [6, 6.07) is 4.04. The smallest absolute Gasteiger partial charge is 0.422 e. The second-order valence-electron chi connectivity index (χ2n) is 5.45. The van der Waals surface area contributed by atoms with Gasteiger partial charge < -0.3 is 10.1 Å². The number of nitrogens with one attached hydrogen (secondary N) is 1. The lowest BCUT2D eigenvalue weighted by Gasteiger charge is -2.13. The van der Waals surface area contributed by atoms with Gasteiger partial charge in [-0.2, -0.15) is 13.2 Å². The van der Waals surface area contributed by atoms with Gasteiger partial charge in [0, 0.05) is 24.3 Å². The van der Waals surface area contributed by atoms with Crippen LogP contribution in [-0.4, -0.2) is 23.8 Å². The molecule has 0 aliphatic heterocycles. The van der Waals surface area contributed by atoms with E-state index in [0.29, 0.717) is 12.6 Å². The molecule has 0 unspecified atom stereocenters. The maximum atomic E-state index is 12.2. The monoisotopic (exact) mass is 288 g/mol. The summed E-state index contributed by atoms with van der Waals surface area (Å²) in [4.78, 5) is 4.13. The van der Waals surface area contributed by atoms with E-state index in [0.717, 1.165) is 11.3 Å². The quantitative estimate of drug-likeness (QED) is 0.871. The van der Waals surface area contributed by atoms with Crippen molar-refractivity contribution in [2.75, 3.05) is 6.61 Å². The number of pyridine rings is 1. The van der Waals surface area contributed by atoms with Crippen LogP contribution in [-0.2, 0) is 6.54 Å². The molecule has 1 N–H and O–H groups in total. The van der Waals surface area contributed by atoms with Gasteiger partial charge in [0.2, 0.25) is 5.88 Å². The van der Waals surface area contributed by atoms with Crippen LogP contribution >= 0.6 is 0 Å². The molecule has 1 aromatic heterocycles. The molecule has 20 heavy (non-hydrogen) atoms. The van der Waals surface area contributed by atoms with Gasteiger partial charge in [-0.25, -0.2) is 4.98 Å². The number of ether oxygens (including phenoxy) is 1. The van der Waals surface area contributed by atoms with Crippen LogP contribution in [0, 0.1) is 0 Å². The molecule has 0 atom stereocenters. The molecule has 0 aromatic carbocycles. The van der Waals surface area contributed by atoms with Gasteiger partial charge in [0.1, 0.15) is 0 Å². The molecule has 6 heteroatoms. The van der Waals surface area contributed by atoms with E-state index in [4.69, 9.17) is 4.74 Å². The van der Waals surface area contributed by atoms with Crippen LogP contribution in [0.3, 0.4) is 0 Å². The van der Waals surface area contributed by atoms with Gasteiger partial charge in [-0.05, 0) is 30.4 Å². The lowest BCUT2D eigenvalue weighted by atomic mass is 10.1. The first-order chi connectivity index (χ1) is 9.33. The van der Waals surface area contributed by atoms with Gasteiger partial charge in [0.25, 0.3) is 0 Å². The van der Waals surface area contributed by atoms with E-state index in [2.05, 4.69) is 10.3 Å². The van der Waals surface area contributed by atoms with E-state index < -0.39 is 12.8 Å². The predicted molar refractivity (Wildman–Crippen MR) is 69.7 cm³/mol. The topological polar surface area (TPSA) is 34.1 Å². The van der Waals surface area contributed by atoms with Gasteiger partial charge in [0.15, 0.2) is 6.61 Å². The van der Waals surface area contributed by atoms with Crippen molar-refractivity contribution >= 4 is 0 Å². The Morgan fingerprint density at radius 2 is 2.05 bits per heavy atom. The minimum atomic E-state index is -4.35. The lowest BCUT2D eigenvalue weighted by Crippen LogP contribution is -2.20.